The molecule has 1 saturated heterocycles. The van der Waals surface area contributed by atoms with Gasteiger partial charge in [-0.05, 0) is 18.6 Å². The summed E-state index contributed by atoms with van der Waals surface area (Å²) in [6.07, 6.45) is 6.19. The molecular formula is C18H21N7O. The summed E-state index contributed by atoms with van der Waals surface area (Å²) in [5.41, 5.74) is 9.04. The van der Waals surface area contributed by atoms with Crippen molar-refractivity contribution in [2.24, 2.45) is 0 Å². The summed E-state index contributed by atoms with van der Waals surface area (Å²) in [5, 5.41) is 0.938. The van der Waals surface area contributed by atoms with Crippen LogP contribution < -0.4 is 10.6 Å². The number of H-pyrrole nitrogens is 1. The summed E-state index contributed by atoms with van der Waals surface area (Å²) in [6.45, 7) is 4.64. The van der Waals surface area contributed by atoms with Crippen molar-refractivity contribution in [3.63, 3.8) is 0 Å². The number of amides is 1. The molecule has 8 nitrogen and oxygen atoms in total. The zero-order chi connectivity index (χ0) is 18.1. The Morgan fingerprint density at radius 1 is 1.23 bits per heavy atom. The van der Waals surface area contributed by atoms with Crippen molar-refractivity contribution in [1.29, 1.82) is 0 Å². The molecule has 0 unspecified atom stereocenters. The third-order valence-corrected chi connectivity index (χ3v) is 4.70. The quantitative estimate of drug-likeness (QED) is 0.728. The molecule has 3 aromatic heterocycles. The molecule has 8 heteroatoms. The van der Waals surface area contributed by atoms with Crippen molar-refractivity contribution in [1.82, 2.24) is 24.8 Å². The molecule has 0 aliphatic carbocycles. The molecule has 0 spiro atoms. The first-order valence-corrected chi connectivity index (χ1v) is 8.68. The van der Waals surface area contributed by atoms with Crippen molar-refractivity contribution in [2.45, 2.75) is 13.3 Å². The number of aromatic nitrogens is 4. The van der Waals surface area contributed by atoms with Gasteiger partial charge in [0.1, 0.15) is 5.65 Å². The van der Waals surface area contributed by atoms with Crippen molar-refractivity contribution in [3.05, 3.63) is 30.7 Å². The summed E-state index contributed by atoms with van der Waals surface area (Å²) in [4.78, 5) is 32.3. The van der Waals surface area contributed by atoms with Gasteiger partial charge >= 0.3 is 0 Å². The second kappa shape index (κ2) is 6.62. The van der Waals surface area contributed by atoms with E-state index < -0.39 is 0 Å². The molecule has 1 amide bonds. The fraction of sp³-hybridized carbons (Fsp3) is 0.333. The van der Waals surface area contributed by atoms with E-state index in [1.165, 1.54) is 0 Å². The molecule has 1 fully saturated rings. The third kappa shape index (κ3) is 3.05. The molecule has 4 rings (SSSR count). The smallest absolute Gasteiger partial charge is 0.225 e. The molecule has 0 radical (unpaired) electrons. The number of aromatic amines is 1. The minimum Gasteiger partial charge on any atom is -0.397 e. The van der Waals surface area contributed by atoms with E-state index >= 15 is 0 Å². The maximum atomic E-state index is 11.6. The fourth-order valence-corrected chi connectivity index (χ4v) is 3.31. The number of pyridine rings is 1. The van der Waals surface area contributed by atoms with E-state index in [0.29, 0.717) is 18.2 Å². The molecule has 3 aromatic rings. The van der Waals surface area contributed by atoms with Crippen LogP contribution in [0.4, 0.5) is 11.6 Å². The lowest BCUT2D eigenvalue weighted by atomic mass is 10.1. The minimum atomic E-state index is 0.116. The molecule has 26 heavy (non-hydrogen) atoms. The molecule has 1 aliphatic heterocycles. The second-order valence-corrected chi connectivity index (χ2v) is 6.46. The Morgan fingerprint density at radius 2 is 2.12 bits per heavy atom. The van der Waals surface area contributed by atoms with Crippen LogP contribution in [-0.4, -0.2) is 56.9 Å². The van der Waals surface area contributed by atoms with Gasteiger partial charge in [0, 0.05) is 56.4 Å². The number of hydrogen-bond donors (Lipinski definition) is 2. The van der Waals surface area contributed by atoms with Crippen LogP contribution in [0.25, 0.3) is 22.3 Å². The molecular weight excluding hydrogens is 330 g/mol. The van der Waals surface area contributed by atoms with Crippen LogP contribution in [0.15, 0.2) is 30.7 Å². The van der Waals surface area contributed by atoms with E-state index in [1.54, 1.807) is 19.3 Å². The first-order valence-electron chi connectivity index (χ1n) is 8.68. The topological polar surface area (TPSA) is 104 Å². The lowest BCUT2D eigenvalue weighted by Gasteiger charge is -2.21. The Morgan fingerprint density at radius 3 is 2.96 bits per heavy atom. The predicted octanol–water partition coefficient (Wildman–Crippen LogP) is 1.66. The van der Waals surface area contributed by atoms with Crippen molar-refractivity contribution in [3.8, 4) is 11.3 Å². The molecule has 3 N–H and O–H groups in total. The van der Waals surface area contributed by atoms with Gasteiger partial charge < -0.3 is 20.5 Å². The van der Waals surface area contributed by atoms with Crippen molar-refractivity contribution in [2.75, 3.05) is 36.8 Å². The number of nitrogen functional groups attached to an aromatic ring is 1. The highest BCUT2D eigenvalue weighted by molar-refractivity contribution is 5.94. The zero-order valence-corrected chi connectivity index (χ0v) is 14.6. The van der Waals surface area contributed by atoms with E-state index in [4.69, 9.17) is 10.7 Å². The number of nitrogens with two attached hydrogens (primary N) is 1. The van der Waals surface area contributed by atoms with Gasteiger partial charge in [-0.2, -0.15) is 0 Å². The highest BCUT2D eigenvalue weighted by Crippen LogP contribution is 2.28. The standard InChI is InChI=1S/C18H21N7O/c1-12(26)24-5-2-6-25(8-7-24)18-20-4-3-16(23-18)15-11-22-17-14(15)9-13(19)10-21-17/h3-4,9-11H,2,5-8,19H2,1H3,(H,21,22). The van der Waals surface area contributed by atoms with E-state index in [-0.39, 0.29) is 5.91 Å². The van der Waals surface area contributed by atoms with Crippen molar-refractivity contribution >= 4 is 28.6 Å². The van der Waals surface area contributed by atoms with Gasteiger partial charge in [-0.25, -0.2) is 15.0 Å². The van der Waals surface area contributed by atoms with Gasteiger partial charge in [0.25, 0.3) is 0 Å². The average Bonchev–Trinajstić information content (AvgIpc) is 2.88. The van der Waals surface area contributed by atoms with E-state index in [0.717, 1.165) is 48.3 Å². The molecule has 134 valence electrons. The average molecular weight is 351 g/mol. The van der Waals surface area contributed by atoms with Crippen LogP contribution in [0.5, 0.6) is 0 Å². The summed E-state index contributed by atoms with van der Waals surface area (Å²) in [7, 11) is 0. The Kier molecular flexibility index (Phi) is 4.16. The number of nitrogens with zero attached hydrogens (tertiary/aromatic N) is 5. The molecule has 0 atom stereocenters. The summed E-state index contributed by atoms with van der Waals surface area (Å²) >= 11 is 0. The number of nitrogens with one attached hydrogen (secondary N) is 1. The van der Waals surface area contributed by atoms with E-state index in [1.807, 2.05) is 23.2 Å². The third-order valence-electron chi connectivity index (χ3n) is 4.70. The Labute approximate surface area is 151 Å². The normalized spacial score (nSPS) is 15.3. The van der Waals surface area contributed by atoms with Crippen LogP contribution in [0.3, 0.4) is 0 Å². The summed E-state index contributed by atoms with van der Waals surface area (Å²) in [5.74, 6) is 0.796. The van der Waals surface area contributed by atoms with Crippen LogP contribution in [0.1, 0.15) is 13.3 Å². The van der Waals surface area contributed by atoms with Gasteiger partial charge in [0.15, 0.2) is 0 Å². The van der Waals surface area contributed by atoms with Crippen LogP contribution in [0, 0.1) is 0 Å². The van der Waals surface area contributed by atoms with Crippen LogP contribution in [-0.2, 0) is 4.79 Å². The maximum Gasteiger partial charge on any atom is 0.225 e. The molecule has 4 heterocycles. The van der Waals surface area contributed by atoms with Gasteiger partial charge in [0.05, 0.1) is 17.6 Å². The lowest BCUT2D eigenvalue weighted by molar-refractivity contribution is -0.128. The van der Waals surface area contributed by atoms with Gasteiger partial charge in [0.2, 0.25) is 11.9 Å². The van der Waals surface area contributed by atoms with Crippen LogP contribution in [0.2, 0.25) is 0 Å². The van der Waals surface area contributed by atoms with Gasteiger partial charge in [-0.1, -0.05) is 0 Å². The number of carbonyl (C=O) groups is 1. The number of carbonyl (C=O) groups excluding carboxylic acids is 1. The maximum absolute atomic E-state index is 11.6. The first-order chi connectivity index (χ1) is 12.6. The summed E-state index contributed by atoms with van der Waals surface area (Å²) < 4.78 is 0. The van der Waals surface area contributed by atoms with Crippen molar-refractivity contribution < 1.29 is 4.79 Å². The predicted molar refractivity (Wildman–Crippen MR) is 101 cm³/mol. The number of fused-ring (bicyclic) bond motifs is 1. The number of rotatable bonds is 2. The Bertz CT molecular complexity index is 952. The highest BCUT2D eigenvalue weighted by Gasteiger charge is 2.19. The second-order valence-electron chi connectivity index (χ2n) is 6.46. The number of hydrogen-bond acceptors (Lipinski definition) is 6. The Balaban J connectivity index is 1.64. The van der Waals surface area contributed by atoms with Gasteiger partial charge in [-0.15, -0.1) is 0 Å². The fourth-order valence-electron chi connectivity index (χ4n) is 3.31. The minimum absolute atomic E-state index is 0.116. The largest absolute Gasteiger partial charge is 0.397 e. The van der Waals surface area contributed by atoms with E-state index in [2.05, 4.69) is 19.9 Å². The molecule has 0 aromatic carbocycles. The van der Waals surface area contributed by atoms with Crippen LogP contribution >= 0.6 is 0 Å². The number of anilines is 2. The molecule has 0 bridgehead atoms. The van der Waals surface area contributed by atoms with Gasteiger partial charge in [-0.3, -0.25) is 4.79 Å². The summed E-state index contributed by atoms with van der Waals surface area (Å²) in [6, 6.07) is 3.78. The Hall–Kier alpha value is -3.16. The SMILES string of the molecule is CC(=O)N1CCCN(c2nccc(-c3c[nH]c4ncc(N)cc34)n2)CC1. The zero-order valence-electron chi connectivity index (χ0n) is 14.6. The molecule has 0 saturated carbocycles. The van der Waals surface area contributed by atoms with E-state index in [9.17, 15) is 4.79 Å². The molecule has 1 aliphatic rings. The lowest BCUT2D eigenvalue weighted by Crippen LogP contribution is -2.34. The highest BCUT2D eigenvalue weighted by atomic mass is 16.2. The monoisotopic (exact) mass is 351 g/mol. The first kappa shape index (κ1) is 16.3.